The van der Waals surface area contributed by atoms with Gasteiger partial charge in [0.15, 0.2) is 0 Å². The van der Waals surface area contributed by atoms with Crippen LogP contribution in [-0.2, 0) is 4.74 Å². The second-order valence-electron chi connectivity index (χ2n) is 4.99. The molecule has 108 valence electrons. The van der Waals surface area contributed by atoms with Gasteiger partial charge in [0.1, 0.15) is 5.82 Å². The average Bonchev–Trinajstić information content (AvgIpc) is 2.37. The third-order valence-corrected chi connectivity index (χ3v) is 3.84. The van der Waals surface area contributed by atoms with Crippen molar-refractivity contribution in [2.24, 2.45) is 0 Å². The first-order chi connectivity index (χ1) is 9.02. The molecule has 0 saturated heterocycles. The molecule has 0 fully saturated rings. The lowest BCUT2D eigenvalue weighted by Crippen LogP contribution is -2.44. The summed E-state index contributed by atoms with van der Waals surface area (Å²) in [5.41, 5.74) is 1.61. The molecule has 0 spiro atoms. The number of benzene rings is 1. The van der Waals surface area contributed by atoms with Gasteiger partial charge in [0.2, 0.25) is 0 Å². The average molecular weight is 267 g/mol. The van der Waals surface area contributed by atoms with Crippen LogP contribution in [0.3, 0.4) is 0 Å². The standard InChI is InChI=1S/C16H26FNO/c1-6-16(7-2,19-8-3)15(18-5)13-9-12(4)10-14(17)11-13/h9-11,15,18H,6-8H2,1-5H3. The molecule has 0 aliphatic carbocycles. The number of halogens is 1. The van der Waals surface area contributed by atoms with Crippen LogP contribution < -0.4 is 5.32 Å². The number of ether oxygens (including phenoxy) is 1. The number of likely N-dealkylation sites (N-methyl/N-ethyl adjacent to an activating group) is 1. The minimum Gasteiger partial charge on any atom is -0.373 e. The molecule has 0 radical (unpaired) electrons. The summed E-state index contributed by atoms with van der Waals surface area (Å²) in [7, 11) is 1.91. The summed E-state index contributed by atoms with van der Waals surface area (Å²) in [4.78, 5) is 0. The summed E-state index contributed by atoms with van der Waals surface area (Å²) in [6, 6.07) is 5.18. The van der Waals surface area contributed by atoms with E-state index in [0.717, 1.165) is 24.0 Å². The van der Waals surface area contributed by atoms with Crippen molar-refractivity contribution in [2.45, 2.75) is 52.2 Å². The molecule has 1 rings (SSSR count). The highest BCUT2D eigenvalue weighted by atomic mass is 19.1. The Morgan fingerprint density at radius 2 is 1.84 bits per heavy atom. The predicted molar refractivity (Wildman–Crippen MR) is 77.9 cm³/mol. The maximum absolute atomic E-state index is 13.6. The SMILES string of the molecule is CCOC(CC)(CC)C(NC)c1cc(C)cc(F)c1. The predicted octanol–water partition coefficient (Wildman–Crippen LogP) is 3.99. The topological polar surface area (TPSA) is 21.3 Å². The number of hydrogen-bond acceptors (Lipinski definition) is 2. The molecule has 1 unspecified atom stereocenters. The summed E-state index contributed by atoms with van der Waals surface area (Å²) in [5, 5.41) is 3.31. The van der Waals surface area contributed by atoms with Gasteiger partial charge >= 0.3 is 0 Å². The minimum atomic E-state index is -0.288. The number of hydrogen-bond donors (Lipinski definition) is 1. The molecule has 1 N–H and O–H groups in total. The maximum Gasteiger partial charge on any atom is 0.123 e. The minimum absolute atomic E-state index is 0.00292. The Morgan fingerprint density at radius 3 is 2.26 bits per heavy atom. The fourth-order valence-electron chi connectivity index (χ4n) is 2.90. The van der Waals surface area contributed by atoms with Gasteiger partial charge < -0.3 is 10.1 Å². The first-order valence-corrected chi connectivity index (χ1v) is 7.11. The first kappa shape index (κ1) is 16.1. The molecule has 0 bridgehead atoms. The van der Waals surface area contributed by atoms with E-state index in [4.69, 9.17) is 4.74 Å². The molecule has 1 aromatic rings. The Hall–Kier alpha value is -0.930. The van der Waals surface area contributed by atoms with Gasteiger partial charge in [-0.2, -0.15) is 0 Å². The van der Waals surface area contributed by atoms with Crippen LogP contribution in [0.4, 0.5) is 4.39 Å². The smallest absolute Gasteiger partial charge is 0.123 e. The first-order valence-electron chi connectivity index (χ1n) is 7.11. The second-order valence-corrected chi connectivity index (χ2v) is 4.99. The van der Waals surface area contributed by atoms with Crippen molar-refractivity contribution in [3.8, 4) is 0 Å². The van der Waals surface area contributed by atoms with Crippen molar-refractivity contribution in [3.05, 3.63) is 35.1 Å². The lowest BCUT2D eigenvalue weighted by atomic mass is 9.83. The highest BCUT2D eigenvalue weighted by Crippen LogP contribution is 2.35. The van der Waals surface area contributed by atoms with Gasteiger partial charge in [-0.05, 0) is 57.0 Å². The molecule has 0 aliphatic heterocycles. The van der Waals surface area contributed by atoms with Gasteiger partial charge in [-0.25, -0.2) is 4.39 Å². The molecule has 0 aromatic heterocycles. The van der Waals surface area contributed by atoms with Crippen LogP contribution in [0.15, 0.2) is 18.2 Å². The monoisotopic (exact) mass is 267 g/mol. The van der Waals surface area contributed by atoms with Crippen LogP contribution in [0.2, 0.25) is 0 Å². The van der Waals surface area contributed by atoms with E-state index in [1.807, 2.05) is 27.0 Å². The van der Waals surface area contributed by atoms with Crippen LogP contribution in [-0.4, -0.2) is 19.3 Å². The van der Waals surface area contributed by atoms with Crippen LogP contribution in [0.5, 0.6) is 0 Å². The van der Waals surface area contributed by atoms with E-state index in [1.165, 1.54) is 0 Å². The molecule has 1 atom stereocenters. The number of aryl methyl sites for hydroxylation is 1. The third-order valence-electron chi connectivity index (χ3n) is 3.84. The van der Waals surface area contributed by atoms with Gasteiger partial charge in [-0.1, -0.05) is 19.9 Å². The third kappa shape index (κ3) is 3.54. The van der Waals surface area contributed by atoms with Crippen molar-refractivity contribution in [3.63, 3.8) is 0 Å². The van der Waals surface area contributed by atoms with Crippen LogP contribution in [0.1, 0.15) is 50.8 Å². The Kier molecular flexibility index (Phi) is 5.95. The largest absolute Gasteiger partial charge is 0.373 e. The van der Waals surface area contributed by atoms with Gasteiger partial charge in [0.05, 0.1) is 11.6 Å². The van der Waals surface area contributed by atoms with Crippen molar-refractivity contribution >= 4 is 0 Å². The highest BCUT2D eigenvalue weighted by molar-refractivity contribution is 5.28. The fraction of sp³-hybridized carbons (Fsp3) is 0.625. The lowest BCUT2D eigenvalue weighted by molar-refractivity contribution is -0.0718. The lowest BCUT2D eigenvalue weighted by Gasteiger charge is -2.39. The molecule has 19 heavy (non-hydrogen) atoms. The zero-order valence-electron chi connectivity index (χ0n) is 12.7. The van der Waals surface area contributed by atoms with Crippen LogP contribution >= 0.6 is 0 Å². The Morgan fingerprint density at radius 1 is 1.21 bits per heavy atom. The molecule has 2 nitrogen and oxygen atoms in total. The van der Waals surface area contributed by atoms with Crippen molar-refractivity contribution in [1.29, 1.82) is 0 Å². The molecule has 0 aliphatic rings. The van der Waals surface area contributed by atoms with Crippen molar-refractivity contribution < 1.29 is 9.13 Å². The molecule has 0 amide bonds. The Balaban J connectivity index is 3.22. The van der Waals surface area contributed by atoms with E-state index in [-0.39, 0.29) is 17.5 Å². The molecule has 3 heteroatoms. The molecule has 1 aromatic carbocycles. The highest BCUT2D eigenvalue weighted by Gasteiger charge is 2.36. The summed E-state index contributed by atoms with van der Waals surface area (Å²) < 4.78 is 19.7. The second kappa shape index (κ2) is 7.01. The molecular weight excluding hydrogens is 241 g/mol. The van der Waals surface area contributed by atoms with E-state index < -0.39 is 0 Å². The van der Waals surface area contributed by atoms with Crippen LogP contribution in [0, 0.1) is 12.7 Å². The van der Waals surface area contributed by atoms with E-state index in [2.05, 4.69) is 19.2 Å². The normalized spacial score (nSPS) is 13.6. The molecule has 0 heterocycles. The van der Waals surface area contributed by atoms with Crippen molar-refractivity contribution in [2.75, 3.05) is 13.7 Å². The van der Waals surface area contributed by atoms with E-state index in [9.17, 15) is 4.39 Å². The van der Waals surface area contributed by atoms with E-state index in [1.54, 1.807) is 12.1 Å². The fourth-order valence-corrected chi connectivity index (χ4v) is 2.90. The van der Waals surface area contributed by atoms with Crippen LogP contribution in [0.25, 0.3) is 0 Å². The number of rotatable bonds is 7. The van der Waals surface area contributed by atoms with Gasteiger partial charge in [0, 0.05) is 6.61 Å². The van der Waals surface area contributed by atoms with E-state index in [0.29, 0.717) is 6.61 Å². The van der Waals surface area contributed by atoms with Gasteiger partial charge in [0.25, 0.3) is 0 Å². The summed E-state index contributed by atoms with van der Waals surface area (Å²) in [6.45, 7) is 8.82. The van der Waals surface area contributed by atoms with Crippen molar-refractivity contribution in [1.82, 2.24) is 5.32 Å². The summed E-state index contributed by atoms with van der Waals surface area (Å²) in [5.74, 6) is -0.187. The summed E-state index contributed by atoms with van der Waals surface area (Å²) in [6.07, 6.45) is 1.77. The van der Waals surface area contributed by atoms with Gasteiger partial charge in [-0.15, -0.1) is 0 Å². The molecular formula is C16H26FNO. The quantitative estimate of drug-likeness (QED) is 0.806. The Labute approximate surface area is 116 Å². The zero-order chi connectivity index (χ0) is 14.5. The van der Waals surface area contributed by atoms with E-state index >= 15 is 0 Å². The zero-order valence-corrected chi connectivity index (χ0v) is 12.7. The maximum atomic E-state index is 13.6. The number of nitrogens with one attached hydrogen (secondary N) is 1. The Bertz CT molecular complexity index is 381. The molecule has 0 saturated carbocycles. The van der Waals surface area contributed by atoms with Gasteiger partial charge in [-0.3, -0.25) is 0 Å². The summed E-state index contributed by atoms with van der Waals surface area (Å²) >= 11 is 0.